The molecule has 0 aromatic carbocycles. The molecule has 0 radical (unpaired) electrons. The standard InChI is InChI=1S/C3H6IN3O/c4-1-3(2-8)6-7-5/h3,8H,1-2H2. The molecule has 0 aliphatic heterocycles. The van der Waals surface area contributed by atoms with Gasteiger partial charge in [-0.1, -0.05) is 27.7 Å². The Labute approximate surface area is 60.7 Å². The first-order chi connectivity index (χ1) is 3.85. The summed E-state index contributed by atoms with van der Waals surface area (Å²) in [4.78, 5) is 2.54. The number of hydrogen-bond donors (Lipinski definition) is 1. The van der Waals surface area contributed by atoms with E-state index in [1.165, 1.54) is 0 Å². The van der Waals surface area contributed by atoms with Crippen molar-refractivity contribution in [2.24, 2.45) is 5.11 Å². The Hall–Kier alpha value is 0. The molecular formula is C3H6IN3O. The van der Waals surface area contributed by atoms with E-state index in [1.54, 1.807) is 0 Å². The fourth-order valence-electron chi connectivity index (χ4n) is 0.189. The van der Waals surface area contributed by atoms with E-state index in [0.29, 0.717) is 4.43 Å². The summed E-state index contributed by atoms with van der Waals surface area (Å²) in [5.74, 6) is 0. The van der Waals surface area contributed by atoms with Crippen molar-refractivity contribution < 1.29 is 5.11 Å². The second kappa shape index (κ2) is 5.14. The number of rotatable bonds is 3. The quantitative estimate of drug-likeness (QED) is 0.253. The van der Waals surface area contributed by atoms with E-state index < -0.39 is 0 Å². The first-order valence-corrected chi connectivity index (χ1v) is 3.58. The van der Waals surface area contributed by atoms with E-state index in [-0.39, 0.29) is 12.6 Å². The van der Waals surface area contributed by atoms with Gasteiger partial charge in [-0.25, -0.2) is 0 Å². The summed E-state index contributed by atoms with van der Waals surface area (Å²) in [7, 11) is 0. The minimum absolute atomic E-state index is 0.0625. The zero-order valence-corrected chi connectivity index (χ0v) is 6.32. The highest BCUT2D eigenvalue weighted by Gasteiger charge is 1.98. The molecule has 1 atom stereocenters. The zero-order valence-electron chi connectivity index (χ0n) is 4.16. The van der Waals surface area contributed by atoms with Crippen molar-refractivity contribution in [1.82, 2.24) is 0 Å². The van der Waals surface area contributed by atoms with Crippen molar-refractivity contribution in [2.75, 3.05) is 11.0 Å². The maximum Gasteiger partial charge on any atom is 0.0694 e. The third-order valence-electron chi connectivity index (χ3n) is 0.604. The summed E-state index contributed by atoms with van der Waals surface area (Å²) in [6, 6.07) is -0.249. The van der Waals surface area contributed by atoms with Gasteiger partial charge in [-0.3, -0.25) is 0 Å². The molecule has 0 spiro atoms. The molecule has 0 heterocycles. The summed E-state index contributed by atoms with van der Waals surface area (Å²) < 4.78 is 0.665. The van der Waals surface area contributed by atoms with Crippen molar-refractivity contribution in [3.05, 3.63) is 10.4 Å². The second-order valence-corrected chi connectivity index (χ2v) is 2.08. The molecule has 4 nitrogen and oxygen atoms in total. The average Bonchev–Trinajstić information content (AvgIpc) is 1.83. The molecule has 8 heavy (non-hydrogen) atoms. The van der Waals surface area contributed by atoms with E-state index in [9.17, 15) is 0 Å². The highest BCUT2D eigenvalue weighted by molar-refractivity contribution is 14.1. The number of aliphatic hydroxyl groups excluding tert-OH is 1. The predicted molar refractivity (Wildman–Crippen MR) is 38.9 cm³/mol. The lowest BCUT2D eigenvalue weighted by molar-refractivity contribution is 0.276. The van der Waals surface area contributed by atoms with Gasteiger partial charge < -0.3 is 5.11 Å². The maximum absolute atomic E-state index is 8.39. The SMILES string of the molecule is [N-]=[N+]=NC(CO)CI. The summed E-state index contributed by atoms with van der Waals surface area (Å²) in [6.07, 6.45) is 0. The third kappa shape index (κ3) is 3.06. The van der Waals surface area contributed by atoms with Gasteiger partial charge in [0.25, 0.3) is 0 Å². The Morgan fingerprint density at radius 2 is 2.50 bits per heavy atom. The average molecular weight is 227 g/mol. The smallest absolute Gasteiger partial charge is 0.0694 e. The van der Waals surface area contributed by atoms with Crippen LogP contribution in [-0.4, -0.2) is 22.2 Å². The molecule has 0 aromatic heterocycles. The highest BCUT2D eigenvalue weighted by Crippen LogP contribution is 1.94. The number of nitrogens with zero attached hydrogens (tertiary/aromatic N) is 3. The van der Waals surface area contributed by atoms with E-state index in [0.717, 1.165) is 0 Å². The summed E-state index contributed by atoms with van der Waals surface area (Å²) in [5, 5.41) is 11.7. The van der Waals surface area contributed by atoms with E-state index >= 15 is 0 Å². The van der Waals surface area contributed by atoms with E-state index in [4.69, 9.17) is 10.6 Å². The third-order valence-corrected chi connectivity index (χ3v) is 1.62. The topological polar surface area (TPSA) is 69.0 Å². The van der Waals surface area contributed by atoms with Crippen LogP contribution < -0.4 is 0 Å². The lowest BCUT2D eigenvalue weighted by atomic mass is 10.4. The molecular weight excluding hydrogens is 221 g/mol. The molecule has 0 bridgehead atoms. The Balaban J connectivity index is 3.52. The first-order valence-electron chi connectivity index (χ1n) is 2.06. The number of aliphatic hydroxyl groups is 1. The van der Waals surface area contributed by atoms with Crippen molar-refractivity contribution in [3.63, 3.8) is 0 Å². The number of azide groups is 1. The van der Waals surface area contributed by atoms with Crippen LogP contribution in [0.5, 0.6) is 0 Å². The maximum atomic E-state index is 8.39. The molecule has 0 rings (SSSR count). The van der Waals surface area contributed by atoms with Gasteiger partial charge >= 0.3 is 0 Å². The number of hydrogen-bond acceptors (Lipinski definition) is 2. The number of halogens is 1. The zero-order chi connectivity index (χ0) is 6.41. The van der Waals surface area contributed by atoms with Crippen LogP contribution >= 0.6 is 22.6 Å². The Kier molecular flexibility index (Phi) is 5.14. The fraction of sp³-hybridized carbons (Fsp3) is 1.00. The second-order valence-electron chi connectivity index (χ2n) is 1.20. The monoisotopic (exact) mass is 227 g/mol. The van der Waals surface area contributed by atoms with Crippen LogP contribution in [0.2, 0.25) is 0 Å². The molecule has 1 N–H and O–H groups in total. The minimum atomic E-state index is -0.249. The summed E-state index contributed by atoms with van der Waals surface area (Å²) in [5.41, 5.74) is 7.84. The van der Waals surface area contributed by atoms with Crippen molar-refractivity contribution in [2.45, 2.75) is 6.04 Å². The van der Waals surface area contributed by atoms with Gasteiger partial charge in [0, 0.05) is 9.34 Å². The van der Waals surface area contributed by atoms with Gasteiger partial charge in [0.05, 0.1) is 12.6 Å². The molecule has 0 amide bonds. The Morgan fingerprint density at radius 1 is 1.88 bits per heavy atom. The number of alkyl halides is 1. The van der Waals surface area contributed by atoms with Gasteiger partial charge in [0.1, 0.15) is 0 Å². The van der Waals surface area contributed by atoms with Crippen LogP contribution in [-0.2, 0) is 0 Å². The largest absolute Gasteiger partial charge is 0.396 e. The molecule has 0 aliphatic rings. The first kappa shape index (κ1) is 8.00. The fourth-order valence-corrected chi connectivity index (χ4v) is 0.644. The van der Waals surface area contributed by atoms with Gasteiger partial charge in [-0.05, 0) is 5.53 Å². The molecule has 0 aromatic rings. The highest BCUT2D eigenvalue weighted by atomic mass is 127. The van der Waals surface area contributed by atoms with Crippen molar-refractivity contribution >= 4 is 22.6 Å². The lowest BCUT2D eigenvalue weighted by Gasteiger charge is -1.97. The Bertz CT molecular complexity index is 96.7. The van der Waals surface area contributed by atoms with Gasteiger partial charge in [0.2, 0.25) is 0 Å². The normalized spacial score (nSPS) is 12.2. The van der Waals surface area contributed by atoms with Crippen molar-refractivity contribution in [1.29, 1.82) is 0 Å². The van der Waals surface area contributed by atoms with Crippen LogP contribution in [0.4, 0.5) is 0 Å². The molecule has 46 valence electrons. The van der Waals surface area contributed by atoms with Gasteiger partial charge in [0.15, 0.2) is 0 Å². The predicted octanol–water partition coefficient (Wildman–Crippen LogP) is 1.09. The summed E-state index contributed by atoms with van der Waals surface area (Å²) in [6.45, 7) is -0.0625. The lowest BCUT2D eigenvalue weighted by Crippen LogP contribution is -2.09. The van der Waals surface area contributed by atoms with Gasteiger partial charge in [-0.2, -0.15) is 0 Å². The van der Waals surface area contributed by atoms with Crippen LogP contribution in [0, 0.1) is 0 Å². The Morgan fingerprint density at radius 3 is 2.62 bits per heavy atom. The molecule has 0 fully saturated rings. The van der Waals surface area contributed by atoms with Crippen LogP contribution in [0.25, 0.3) is 10.4 Å². The van der Waals surface area contributed by atoms with Crippen LogP contribution in [0.3, 0.4) is 0 Å². The molecule has 0 aliphatic carbocycles. The van der Waals surface area contributed by atoms with E-state index in [1.807, 2.05) is 22.6 Å². The molecule has 0 saturated heterocycles. The van der Waals surface area contributed by atoms with Gasteiger partial charge in [-0.15, -0.1) is 0 Å². The molecule has 1 unspecified atom stereocenters. The van der Waals surface area contributed by atoms with Crippen LogP contribution in [0.15, 0.2) is 5.11 Å². The molecule has 0 saturated carbocycles. The van der Waals surface area contributed by atoms with Crippen LogP contribution in [0.1, 0.15) is 0 Å². The van der Waals surface area contributed by atoms with Crippen molar-refractivity contribution in [3.8, 4) is 0 Å². The van der Waals surface area contributed by atoms with E-state index in [2.05, 4.69) is 10.0 Å². The molecule has 5 heteroatoms. The summed E-state index contributed by atoms with van der Waals surface area (Å²) >= 11 is 2.05. The minimum Gasteiger partial charge on any atom is -0.396 e.